The summed E-state index contributed by atoms with van der Waals surface area (Å²) in [5.74, 6) is 0.198. The van der Waals surface area contributed by atoms with Crippen molar-refractivity contribution in [3.63, 3.8) is 0 Å². The van der Waals surface area contributed by atoms with E-state index in [0.717, 1.165) is 35.3 Å². The Labute approximate surface area is 109 Å². The highest BCUT2D eigenvalue weighted by Gasteiger charge is 2.17. The number of amides is 1. The van der Waals surface area contributed by atoms with Gasteiger partial charge in [-0.15, -0.1) is 11.3 Å². The topological polar surface area (TPSA) is 20.3 Å². The van der Waals surface area contributed by atoms with Crippen molar-refractivity contribution in [1.82, 2.24) is 4.90 Å². The van der Waals surface area contributed by atoms with Crippen molar-refractivity contribution >= 4 is 33.2 Å². The van der Waals surface area contributed by atoms with Crippen LogP contribution in [0.25, 0.3) is 0 Å². The fourth-order valence-electron chi connectivity index (χ4n) is 2.06. The van der Waals surface area contributed by atoms with Crippen LogP contribution < -0.4 is 0 Å². The molecule has 1 aromatic rings. The number of halogens is 1. The molecule has 1 fully saturated rings. The molecule has 4 heteroatoms. The van der Waals surface area contributed by atoms with Crippen LogP contribution in [-0.4, -0.2) is 23.9 Å². The fourth-order valence-corrected chi connectivity index (χ4v) is 3.19. The molecule has 0 atom stereocenters. The monoisotopic (exact) mass is 301 g/mol. The quantitative estimate of drug-likeness (QED) is 0.770. The lowest BCUT2D eigenvalue weighted by molar-refractivity contribution is 0.0743. The minimum Gasteiger partial charge on any atom is -0.339 e. The van der Waals surface area contributed by atoms with Crippen LogP contribution >= 0.6 is 27.3 Å². The first kappa shape index (κ1) is 12.1. The average Bonchev–Trinajstić information content (AvgIpc) is 2.63. The molecule has 1 aromatic heterocycles. The van der Waals surface area contributed by atoms with Gasteiger partial charge in [-0.2, -0.15) is 0 Å². The molecule has 16 heavy (non-hydrogen) atoms. The minimum absolute atomic E-state index is 0.198. The third-order valence-corrected chi connectivity index (χ3v) is 4.46. The van der Waals surface area contributed by atoms with Gasteiger partial charge < -0.3 is 4.90 Å². The minimum atomic E-state index is 0.198. The summed E-state index contributed by atoms with van der Waals surface area (Å²) >= 11 is 4.98. The smallest absolute Gasteiger partial charge is 0.254 e. The molecule has 0 aliphatic carbocycles. The van der Waals surface area contributed by atoms with Crippen LogP contribution in [0.3, 0.4) is 0 Å². The molecule has 2 rings (SSSR count). The normalized spacial score (nSPS) is 17.9. The van der Waals surface area contributed by atoms with E-state index in [4.69, 9.17) is 0 Å². The van der Waals surface area contributed by atoms with Crippen LogP contribution in [0.15, 0.2) is 15.2 Å². The number of likely N-dealkylation sites (tertiary alicyclic amines) is 1. The molecule has 0 bridgehead atoms. The Balaban J connectivity index is 2.01. The van der Waals surface area contributed by atoms with Gasteiger partial charge in [0.2, 0.25) is 0 Å². The summed E-state index contributed by atoms with van der Waals surface area (Å²) in [6.45, 7) is 1.85. The standard InChI is InChI=1S/C12H16BrNOS/c13-11-8-10(9-16-11)12(15)14-6-4-2-1-3-5-7-14/h8-9H,1-7H2. The van der Waals surface area contributed by atoms with Crippen molar-refractivity contribution in [3.8, 4) is 0 Å². The lowest BCUT2D eigenvalue weighted by Crippen LogP contribution is -2.33. The zero-order valence-electron chi connectivity index (χ0n) is 9.25. The highest BCUT2D eigenvalue weighted by molar-refractivity contribution is 9.11. The van der Waals surface area contributed by atoms with Gasteiger partial charge in [-0.05, 0) is 34.8 Å². The average molecular weight is 302 g/mol. The van der Waals surface area contributed by atoms with Crippen LogP contribution in [0.4, 0.5) is 0 Å². The van der Waals surface area contributed by atoms with Gasteiger partial charge in [0.25, 0.3) is 5.91 Å². The molecular weight excluding hydrogens is 286 g/mol. The van der Waals surface area contributed by atoms with Crippen LogP contribution in [0, 0.1) is 0 Å². The van der Waals surface area contributed by atoms with Crippen molar-refractivity contribution in [2.24, 2.45) is 0 Å². The maximum Gasteiger partial charge on any atom is 0.254 e. The number of carbonyl (C=O) groups is 1. The summed E-state index contributed by atoms with van der Waals surface area (Å²) in [6.07, 6.45) is 6.15. The maximum atomic E-state index is 12.2. The van der Waals surface area contributed by atoms with E-state index in [9.17, 15) is 4.79 Å². The van der Waals surface area contributed by atoms with Crippen molar-refractivity contribution < 1.29 is 4.79 Å². The van der Waals surface area contributed by atoms with Gasteiger partial charge >= 0.3 is 0 Å². The van der Waals surface area contributed by atoms with E-state index in [1.165, 1.54) is 19.3 Å². The van der Waals surface area contributed by atoms with Crippen LogP contribution in [0.5, 0.6) is 0 Å². The maximum absolute atomic E-state index is 12.2. The molecule has 0 spiro atoms. The van der Waals surface area contributed by atoms with E-state index < -0.39 is 0 Å². The Kier molecular flexibility index (Phi) is 4.41. The molecular formula is C12H16BrNOS. The van der Waals surface area contributed by atoms with E-state index in [1.54, 1.807) is 11.3 Å². The second kappa shape index (κ2) is 5.82. The molecule has 2 heterocycles. The second-order valence-corrected chi connectivity index (χ2v) is 6.49. The molecule has 1 aliphatic rings. The molecule has 0 radical (unpaired) electrons. The Hall–Kier alpha value is -0.350. The largest absolute Gasteiger partial charge is 0.339 e. The SMILES string of the molecule is O=C(c1csc(Br)c1)N1CCCCCCC1. The van der Waals surface area contributed by atoms with Crippen molar-refractivity contribution in [1.29, 1.82) is 0 Å². The molecule has 0 N–H and O–H groups in total. The Morgan fingerprint density at radius 3 is 2.38 bits per heavy atom. The lowest BCUT2D eigenvalue weighted by atomic mass is 10.1. The van der Waals surface area contributed by atoms with Gasteiger partial charge in [-0.3, -0.25) is 4.79 Å². The summed E-state index contributed by atoms with van der Waals surface area (Å²) in [5.41, 5.74) is 0.831. The number of carbonyl (C=O) groups excluding carboxylic acids is 1. The number of hydrogen-bond donors (Lipinski definition) is 0. The summed E-state index contributed by atoms with van der Waals surface area (Å²) in [4.78, 5) is 14.2. The third kappa shape index (κ3) is 3.08. The number of thiophene rings is 1. The van der Waals surface area contributed by atoms with E-state index >= 15 is 0 Å². The Morgan fingerprint density at radius 1 is 1.19 bits per heavy atom. The molecule has 2 nitrogen and oxygen atoms in total. The van der Waals surface area contributed by atoms with Gasteiger partial charge in [0.1, 0.15) is 0 Å². The Morgan fingerprint density at radius 2 is 1.81 bits per heavy atom. The van der Waals surface area contributed by atoms with Crippen molar-refractivity contribution in [3.05, 3.63) is 20.8 Å². The first-order valence-corrected chi connectivity index (χ1v) is 7.48. The van der Waals surface area contributed by atoms with E-state index in [0.29, 0.717) is 0 Å². The van der Waals surface area contributed by atoms with Gasteiger partial charge in [0.15, 0.2) is 0 Å². The lowest BCUT2D eigenvalue weighted by Gasteiger charge is -2.24. The summed E-state index contributed by atoms with van der Waals surface area (Å²) in [5, 5.41) is 1.94. The van der Waals surface area contributed by atoms with Gasteiger partial charge in [-0.25, -0.2) is 0 Å². The summed E-state index contributed by atoms with van der Waals surface area (Å²) < 4.78 is 1.03. The predicted molar refractivity (Wildman–Crippen MR) is 71.0 cm³/mol. The number of nitrogens with zero attached hydrogens (tertiary/aromatic N) is 1. The van der Waals surface area contributed by atoms with Crippen molar-refractivity contribution in [2.45, 2.75) is 32.1 Å². The second-order valence-electron chi connectivity index (χ2n) is 4.20. The molecule has 1 amide bonds. The van der Waals surface area contributed by atoms with Crippen LogP contribution in [0.1, 0.15) is 42.5 Å². The number of hydrogen-bond acceptors (Lipinski definition) is 2. The predicted octanol–water partition coefficient (Wildman–Crippen LogP) is 3.92. The van der Waals surface area contributed by atoms with E-state index in [2.05, 4.69) is 15.9 Å². The molecule has 88 valence electrons. The molecule has 0 aromatic carbocycles. The highest BCUT2D eigenvalue weighted by atomic mass is 79.9. The number of rotatable bonds is 1. The van der Waals surface area contributed by atoms with Crippen LogP contribution in [-0.2, 0) is 0 Å². The van der Waals surface area contributed by atoms with Gasteiger partial charge in [0, 0.05) is 18.5 Å². The molecule has 0 unspecified atom stereocenters. The highest BCUT2D eigenvalue weighted by Crippen LogP contribution is 2.22. The zero-order chi connectivity index (χ0) is 11.4. The zero-order valence-corrected chi connectivity index (χ0v) is 11.6. The summed E-state index contributed by atoms with van der Waals surface area (Å²) in [6, 6.07) is 1.92. The molecule has 1 aliphatic heterocycles. The van der Waals surface area contributed by atoms with Gasteiger partial charge in [-0.1, -0.05) is 19.3 Å². The van der Waals surface area contributed by atoms with Crippen LogP contribution in [0.2, 0.25) is 0 Å². The fraction of sp³-hybridized carbons (Fsp3) is 0.583. The summed E-state index contributed by atoms with van der Waals surface area (Å²) in [7, 11) is 0. The molecule has 0 saturated carbocycles. The third-order valence-electron chi connectivity index (χ3n) is 2.96. The van der Waals surface area contributed by atoms with E-state index in [-0.39, 0.29) is 5.91 Å². The first-order valence-electron chi connectivity index (χ1n) is 5.81. The Bertz CT molecular complexity index is 356. The van der Waals surface area contributed by atoms with Crippen molar-refractivity contribution in [2.75, 3.05) is 13.1 Å². The first-order chi connectivity index (χ1) is 7.77. The van der Waals surface area contributed by atoms with Gasteiger partial charge in [0.05, 0.1) is 9.35 Å². The molecule has 1 saturated heterocycles. The van der Waals surface area contributed by atoms with E-state index in [1.807, 2.05) is 16.3 Å².